The van der Waals surface area contributed by atoms with E-state index < -0.39 is 0 Å². The number of methoxy groups -OCH3 is 1. The third kappa shape index (κ3) is 2.18. The van der Waals surface area contributed by atoms with E-state index in [9.17, 15) is 0 Å². The largest absolute Gasteiger partial charge is 0.481 e. The summed E-state index contributed by atoms with van der Waals surface area (Å²) in [5.41, 5.74) is 3.22. The van der Waals surface area contributed by atoms with Gasteiger partial charge >= 0.3 is 0 Å². The van der Waals surface area contributed by atoms with Crippen LogP contribution < -0.4 is 9.64 Å². The fraction of sp³-hybridized carbons (Fsp3) is 0.438. The van der Waals surface area contributed by atoms with Gasteiger partial charge in [0.2, 0.25) is 5.88 Å². The lowest BCUT2D eigenvalue weighted by atomic mass is 10.1. The lowest BCUT2D eigenvalue weighted by Crippen LogP contribution is -2.24. The molecule has 1 fully saturated rings. The van der Waals surface area contributed by atoms with Crippen molar-refractivity contribution < 1.29 is 4.74 Å². The van der Waals surface area contributed by atoms with Crippen molar-refractivity contribution in [1.82, 2.24) is 19.7 Å². The van der Waals surface area contributed by atoms with Crippen molar-refractivity contribution in [2.24, 2.45) is 7.05 Å². The molecule has 6 nitrogen and oxygen atoms in total. The number of aryl methyl sites for hydroxylation is 2. The molecule has 0 amide bonds. The molecule has 0 radical (unpaired) electrons. The number of rotatable bonds is 3. The summed E-state index contributed by atoms with van der Waals surface area (Å²) in [6.45, 7) is 3.04. The zero-order chi connectivity index (χ0) is 16.0. The predicted molar refractivity (Wildman–Crippen MR) is 91.2 cm³/mol. The number of nitrogens with zero attached hydrogens (tertiary/aromatic N) is 5. The topological polar surface area (TPSA) is 56.1 Å². The van der Waals surface area contributed by atoms with Gasteiger partial charge in [0.05, 0.1) is 34.6 Å². The van der Waals surface area contributed by atoms with E-state index in [0.29, 0.717) is 0 Å². The fourth-order valence-corrected chi connectivity index (χ4v) is 4.43. The summed E-state index contributed by atoms with van der Waals surface area (Å²) in [7, 11) is 3.64. The standard InChI is InChI=1S/C16H19N5OS/c1-10-13(16(22-3)20(2)19-10)12-5-4-7-21(12)15-14-11(6-8-23-14)17-9-18-15/h6,8-9,12H,4-5,7H2,1-3H3/t12-/m1/s1. The normalized spacial score (nSPS) is 18.0. The number of fused-ring (bicyclic) bond motifs is 1. The quantitative estimate of drug-likeness (QED) is 0.739. The molecule has 0 unspecified atom stereocenters. The van der Waals surface area contributed by atoms with Gasteiger partial charge in [0.1, 0.15) is 6.33 Å². The Bertz CT molecular complexity index is 855. The summed E-state index contributed by atoms with van der Waals surface area (Å²) in [6, 6.07) is 2.30. The number of hydrogen-bond acceptors (Lipinski definition) is 6. The molecule has 7 heteroatoms. The van der Waals surface area contributed by atoms with E-state index in [2.05, 4.69) is 32.3 Å². The van der Waals surface area contributed by atoms with Crippen LogP contribution in [0.15, 0.2) is 17.8 Å². The van der Waals surface area contributed by atoms with Gasteiger partial charge in [-0.2, -0.15) is 5.10 Å². The van der Waals surface area contributed by atoms with Crippen LogP contribution in [0.5, 0.6) is 5.88 Å². The Balaban J connectivity index is 1.83. The van der Waals surface area contributed by atoms with Crippen LogP contribution in [0, 0.1) is 6.92 Å². The van der Waals surface area contributed by atoms with E-state index in [1.807, 2.05) is 17.8 Å². The van der Waals surface area contributed by atoms with Crippen LogP contribution >= 0.6 is 11.3 Å². The molecule has 0 aliphatic carbocycles. The summed E-state index contributed by atoms with van der Waals surface area (Å²) in [5.74, 6) is 1.87. The van der Waals surface area contributed by atoms with E-state index in [-0.39, 0.29) is 6.04 Å². The molecule has 0 N–H and O–H groups in total. The first-order valence-corrected chi connectivity index (χ1v) is 8.61. The van der Waals surface area contributed by atoms with Crippen LogP contribution in [0.2, 0.25) is 0 Å². The average Bonchev–Trinajstić information content (AvgIpc) is 3.24. The Labute approximate surface area is 138 Å². The maximum Gasteiger partial charge on any atom is 0.216 e. The minimum atomic E-state index is 0.249. The number of aromatic nitrogens is 4. The van der Waals surface area contributed by atoms with Crippen molar-refractivity contribution >= 4 is 27.4 Å². The molecule has 3 aromatic rings. The number of anilines is 1. The van der Waals surface area contributed by atoms with Crippen molar-refractivity contribution in [2.45, 2.75) is 25.8 Å². The van der Waals surface area contributed by atoms with Crippen molar-refractivity contribution in [1.29, 1.82) is 0 Å². The first-order chi connectivity index (χ1) is 11.2. The Morgan fingerprint density at radius 2 is 2.22 bits per heavy atom. The smallest absolute Gasteiger partial charge is 0.216 e. The van der Waals surface area contributed by atoms with E-state index >= 15 is 0 Å². The van der Waals surface area contributed by atoms with Crippen LogP contribution in [0.4, 0.5) is 5.82 Å². The Kier molecular flexibility index (Phi) is 3.45. The lowest BCUT2D eigenvalue weighted by molar-refractivity contribution is 0.366. The monoisotopic (exact) mass is 329 g/mol. The van der Waals surface area contributed by atoms with E-state index in [1.54, 1.807) is 24.8 Å². The Hall–Kier alpha value is -2.15. The third-order valence-corrected chi connectivity index (χ3v) is 5.39. The van der Waals surface area contributed by atoms with Gasteiger partial charge in [0.25, 0.3) is 0 Å². The first-order valence-electron chi connectivity index (χ1n) is 7.73. The second-order valence-electron chi connectivity index (χ2n) is 5.82. The van der Waals surface area contributed by atoms with Crippen LogP contribution in [-0.2, 0) is 7.05 Å². The van der Waals surface area contributed by atoms with Gasteiger partial charge in [0, 0.05) is 13.6 Å². The SMILES string of the molecule is COc1c([C@H]2CCCN2c2ncnc3ccsc23)c(C)nn1C. The highest BCUT2D eigenvalue weighted by molar-refractivity contribution is 7.17. The molecule has 120 valence electrons. The maximum atomic E-state index is 5.61. The number of hydrogen-bond donors (Lipinski definition) is 0. The molecule has 0 saturated carbocycles. The second-order valence-corrected chi connectivity index (χ2v) is 6.73. The van der Waals surface area contributed by atoms with Crippen LogP contribution in [-0.4, -0.2) is 33.4 Å². The molecular formula is C16H19N5OS. The molecule has 23 heavy (non-hydrogen) atoms. The van der Waals surface area contributed by atoms with E-state index in [4.69, 9.17) is 4.74 Å². The van der Waals surface area contributed by atoms with Crippen molar-refractivity contribution in [3.8, 4) is 5.88 Å². The van der Waals surface area contributed by atoms with Gasteiger partial charge in [-0.1, -0.05) is 0 Å². The van der Waals surface area contributed by atoms with Gasteiger partial charge < -0.3 is 9.64 Å². The summed E-state index contributed by atoms with van der Waals surface area (Å²) in [6.07, 6.45) is 3.88. The zero-order valence-corrected chi connectivity index (χ0v) is 14.3. The molecule has 0 spiro atoms. The first kappa shape index (κ1) is 14.4. The Morgan fingerprint density at radius 3 is 3.04 bits per heavy atom. The second kappa shape index (κ2) is 5.49. The van der Waals surface area contributed by atoms with Gasteiger partial charge in [-0.25, -0.2) is 14.6 Å². The third-order valence-electron chi connectivity index (χ3n) is 4.49. The molecule has 0 aromatic carbocycles. The van der Waals surface area contributed by atoms with E-state index in [0.717, 1.165) is 47.0 Å². The molecule has 0 bridgehead atoms. The summed E-state index contributed by atoms with van der Waals surface area (Å²) >= 11 is 1.70. The molecule has 1 atom stereocenters. The summed E-state index contributed by atoms with van der Waals surface area (Å²) < 4.78 is 8.58. The van der Waals surface area contributed by atoms with Gasteiger partial charge in [-0.15, -0.1) is 11.3 Å². The van der Waals surface area contributed by atoms with Gasteiger partial charge in [-0.05, 0) is 31.2 Å². The highest BCUT2D eigenvalue weighted by Crippen LogP contribution is 2.42. The fourth-order valence-electron chi connectivity index (χ4n) is 3.58. The van der Waals surface area contributed by atoms with Gasteiger partial charge in [0.15, 0.2) is 5.82 Å². The van der Waals surface area contributed by atoms with Crippen molar-refractivity contribution in [2.75, 3.05) is 18.6 Å². The van der Waals surface area contributed by atoms with Crippen molar-refractivity contribution in [3.05, 3.63) is 29.0 Å². The molecule has 3 aromatic heterocycles. The minimum absolute atomic E-state index is 0.249. The lowest BCUT2D eigenvalue weighted by Gasteiger charge is -2.26. The highest BCUT2D eigenvalue weighted by atomic mass is 32.1. The van der Waals surface area contributed by atoms with Crippen molar-refractivity contribution in [3.63, 3.8) is 0 Å². The maximum absolute atomic E-state index is 5.61. The minimum Gasteiger partial charge on any atom is -0.481 e. The molecular weight excluding hydrogens is 310 g/mol. The van der Waals surface area contributed by atoms with Crippen LogP contribution in [0.25, 0.3) is 10.2 Å². The summed E-state index contributed by atoms with van der Waals surface area (Å²) in [5, 5.41) is 6.61. The van der Waals surface area contributed by atoms with Crippen LogP contribution in [0.3, 0.4) is 0 Å². The number of ether oxygens (including phenoxy) is 1. The van der Waals surface area contributed by atoms with Gasteiger partial charge in [-0.3, -0.25) is 0 Å². The average molecular weight is 329 g/mol. The number of thiophene rings is 1. The molecule has 1 saturated heterocycles. The molecule has 1 aliphatic heterocycles. The predicted octanol–water partition coefficient (Wildman–Crippen LogP) is 3.08. The van der Waals surface area contributed by atoms with E-state index in [1.165, 1.54) is 5.56 Å². The molecule has 1 aliphatic rings. The van der Waals surface area contributed by atoms with Crippen LogP contribution in [0.1, 0.15) is 30.1 Å². The highest BCUT2D eigenvalue weighted by Gasteiger charge is 2.34. The zero-order valence-electron chi connectivity index (χ0n) is 13.5. The summed E-state index contributed by atoms with van der Waals surface area (Å²) in [4.78, 5) is 11.3. The molecule has 4 heterocycles. The Morgan fingerprint density at radius 1 is 1.35 bits per heavy atom. The molecule has 4 rings (SSSR count).